The van der Waals surface area contributed by atoms with E-state index in [0.717, 1.165) is 12.8 Å². The van der Waals surface area contributed by atoms with Gasteiger partial charge < -0.3 is 0 Å². The molecular formula is C8H14Cl2. The molecule has 0 aliphatic heterocycles. The first kappa shape index (κ1) is 10.3. The lowest BCUT2D eigenvalue weighted by Gasteiger charge is -2.24. The third-order valence-corrected chi connectivity index (χ3v) is 2.57. The van der Waals surface area contributed by atoms with Gasteiger partial charge in [-0.3, -0.25) is 0 Å². The van der Waals surface area contributed by atoms with Crippen LogP contribution in [0.15, 0.2) is 11.6 Å². The van der Waals surface area contributed by atoms with Crippen molar-refractivity contribution in [2.45, 2.75) is 26.7 Å². The number of rotatable bonds is 4. The van der Waals surface area contributed by atoms with Crippen molar-refractivity contribution >= 4 is 23.2 Å². The topological polar surface area (TPSA) is 0 Å². The zero-order valence-corrected chi connectivity index (χ0v) is 8.10. The Bertz CT molecular complexity index is 114. The maximum Gasteiger partial charge on any atom is 0.0280 e. The molecule has 0 N–H and O–H groups in total. The Labute approximate surface area is 73.2 Å². The van der Waals surface area contributed by atoms with Crippen LogP contribution in [-0.2, 0) is 0 Å². The minimum absolute atomic E-state index is 0.139. The van der Waals surface area contributed by atoms with Crippen LogP contribution < -0.4 is 0 Å². The van der Waals surface area contributed by atoms with Crippen molar-refractivity contribution in [1.29, 1.82) is 0 Å². The summed E-state index contributed by atoms with van der Waals surface area (Å²) in [6.07, 6.45) is 1.86. The summed E-state index contributed by atoms with van der Waals surface area (Å²) in [7, 11) is 0. The molecule has 0 radical (unpaired) electrons. The van der Waals surface area contributed by atoms with E-state index in [1.54, 1.807) is 0 Å². The normalized spacial score (nSPS) is 16.4. The summed E-state index contributed by atoms with van der Waals surface area (Å²) < 4.78 is 0. The third-order valence-electron chi connectivity index (χ3n) is 1.79. The minimum Gasteiger partial charge on any atom is -0.126 e. The first-order valence-electron chi connectivity index (χ1n) is 3.43. The molecule has 1 atom stereocenters. The van der Waals surface area contributed by atoms with Crippen molar-refractivity contribution < 1.29 is 0 Å². The average molecular weight is 181 g/mol. The van der Waals surface area contributed by atoms with Crippen LogP contribution in [0, 0.1) is 5.41 Å². The molecule has 0 bridgehead atoms. The maximum atomic E-state index is 5.75. The van der Waals surface area contributed by atoms with E-state index < -0.39 is 0 Å². The predicted molar refractivity (Wildman–Crippen MR) is 48.7 cm³/mol. The Hall–Kier alpha value is 0.320. The zero-order valence-electron chi connectivity index (χ0n) is 6.58. The first-order valence-corrected chi connectivity index (χ1v) is 4.34. The van der Waals surface area contributed by atoms with E-state index >= 15 is 0 Å². The van der Waals surface area contributed by atoms with Crippen LogP contribution >= 0.6 is 23.2 Å². The summed E-state index contributed by atoms with van der Waals surface area (Å²) in [4.78, 5) is 0. The molecule has 0 amide bonds. The fourth-order valence-corrected chi connectivity index (χ4v) is 1.34. The minimum atomic E-state index is 0.139. The molecule has 1 unspecified atom stereocenters. The molecule has 0 heterocycles. The van der Waals surface area contributed by atoms with E-state index in [0.29, 0.717) is 10.9 Å². The van der Waals surface area contributed by atoms with Crippen molar-refractivity contribution in [3.05, 3.63) is 11.6 Å². The van der Waals surface area contributed by atoms with E-state index in [1.165, 1.54) is 0 Å². The first-order chi connectivity index (χ1) is 4.54. The van der Waals surface area contributed by atoms with Gasteiger partial charge in [-0.05, 0) is 18.3 Å². The van der Waals surface area contributed by atoms with Crippen LogP contribution in [-0.4, -0.2) is 5.88 Å². The predicted octanol–water partition coefficient (Wildman–Crippen LogP) is 3.78. The quantitative estimate of drug-likeness (QED) is 0.579. The molecule has 0 nitrogen and oxygen atoms in total. The van der Waals surface area contributed by atoms with Crippen molar-refractivity contribution in [3.63, 3.8) is 0 Å². The maximum absolute atomic E-state index is 5.75. The number of allylic oxidation sites excluding steroid dienone is 1. The van der Waals surface area contributed by atoms with Crippen molar-refractivity contribution in [3.8, 4) is 0 Å². The van der Waals surface area contributed by atoms with Gasteiger partial charge in [-0.1, -0.05) is 32.0 Å². The highest BCUT2D eigenvalue weighted by atomic mass is 35.5. The molecule has 0 aromatic rings. The molecule has 0 spiro atoms. The van der Waals surface area contributed by atoms with Gasteiger partial charge in [0, 0.05) is 10.9 Å². The highest BCUT2D eigenvalue weighted by molar-refractivity contribution is 6.29. The van der Waals surface area contributed by atoms with E-state index in [-0.39, 0.29) is 5.41 Å². The number of halogens is 2. The lowest BCUT2D eigenvalue weighted by molar-refractivity contribution is 0.360. The molecular weight excluding hydrogens is 167 g/mol. The summed E-state index contributed by atoms with van der Waals surface area (Å²) in [5, 5.41) is 0.699. The second-order valence-corrected chi connectivity index (χ2v) is 3.79. The number of alkyl halides is 1. The summed E-state index contributed by atoms with van der Waals surface area (Å²) >= 11 is 11.4. The second-order valence-electron chi connectivity index (χ2n) is 2.99. The van der Waals surface area contributed by atoms with Gasteiger partial charge in [0.2, 0.25) is 0 Å². The van der Waals surface area contributed by atoms with Gasteiger partial charge >= 0.3 is 0 Å². The Morgan fingerprint density at radius 3 is 2.20 bits per heavy atom. The molecule has 2 heteroatoms. The second kappa shape index (κ2) is 4.25. The standard InChI is InChI=1S/C8H14Cl2/c1-4-8(3,6-9)5-7(2)10/h2,4-6H2,1,3H3. The van der Waals surface area contributed by atoms with Gasteiger partial charge in [0.1, 0.15) is 0 Å². The van der Waals surface area contributed by atoms with E-state index in [9.17, 15) is 0 Å². The lowest BCUT2D eigenvalue weighted by Crippen LogP contribution is -2.16. The number of hydrogen-bond acceptors (Lipinski definition) is 0. The van der Waals surface area contributed by atoms with Gasteiger partial charge in [-0.2, -0.15) is 0 Å². The molecule has 0 aliphatic rings. The van der Waals surface area contributed by atoms with Crippen LogP contribution in [0.2, 0.25) is 0 Å². The Kier molecular flexibility index (Phi) is 4.39. The Morgan fingerprint density at radius 1 is 1.60 bits per heavy atom. The van der Waals surface area contributed by atoms with Crippen LogP contribution in [0.4, 0.5) is 0 Å². The van der Waals surface area contributed by atoms with Gasteiger partial charge in [0.15, 0.2) is 0 Å². The van der Waals surface area contributed by atoms with E-state index in [4.69, 9.17) is 23.2 Å². The van der Waals surface area contributed by atoms with Crippen LogP contribution in [0.5, 0.6) is 0 Å². The summed E-state index contributed by atoms with van der Waals surface area (Å²) in [6, 6.07) is 0. The average Bonchev–Trinajstić information content (AvgIpc) is 1.87. The number of hydrogen-bond donors (Lipinski definition) is 0. The molecule has 0 aliphatic carbocycles. The van der Waals surface area contributed by atoms with Gasteiger partial charge in [0.25, 0.3) is 0 Å². The van der Waals surface area contributed by atoms with Crippen molar-refractivity contribution in [2.75, 3.05) is 5.88 Å². The van der Waals surface area contributed by atoms with Crippen molar-refractivity contribution in [2.24, 2.45) is 5.41 Å². The highest BCUT2D eigenvalue weighted by Crippen LogP contribution is 2.31. The third kappa shape index (κ3) is 3.48. The van der Waals surface area contributed by atoms with E-state index in [1.807, 2.05) is 0 Å². The largest absolute Gasteiger partial charge is 0.126 e. The molecule has 10 heavy (non-hydrogen) atoms. The fraction of sp³-hybridized carbons (Fsp3) is 0.750. The van der Waals surface area contributed by atoms with Crippen LogP contribution in [0.1, 0.15) is 26.7 Å². The SMILES string of the molecule is C=C(Cl)CC(C)(CC)CCl. The Morgan fingerprint density at radius 2 is 2.10 bits per heavy atom. The Balaban J connectivity index is 3.92. The van der Waals surface area contributed by atoms with Crippen LogP contribution in [0.25, 0.3) is 0 Å². The fourth-order valence-electron chi connectivity index (χ4n) is 0.730. The highest BCUT2D eigenvalue weighted by Gasteiger charge is 2.20. The summed E-state index contributed by atoms with van der Waals surface area (Å²) in [6.45, 7) is 7.87. The molecule has 0 fully saturated rings. The monoisotopic (exact) mass is 180 g/mol. The van der Waals surface area contributed by atoms with E-state index in [2.05, 4.69) is 20.4 Å². The molecule has 0 rings (SSSR count). The molecule has 0 aromatic heterocycles. The molecule has 0 saturated heterocycles. The summed E-state index contributed by atoms with van der Waals surface area (Å²) in [5.41, 5.74) is 0.139. The van der Waals surface area contributed by atoms with Gasteiger partial charge in [-0.15, -0.1) is 11.6 Å². The molecule has 0 aromatic carbocycles. The smallest absolute Gasteiger partial charge is 0.0280 e. The van der Waals surface area contributed by atoms with Gasteiger partial charge in [-0.25, -0.2) is 0 Å². The molecule has 0 saturated carbocycles. The molecule has 60 valence electrons. The van der Waals surface area contributed by atoms with Crippen molar-refractivity contribution in [1.82, 2.24) is 0 Å². The van der Waals surface area contributed by atoms with Gasteiger partial charge in [0.05, 0.1) is 0 Å². The lowest BCUT2D eigenvalue weighted by atomic mass is 9.86. The zero-order chi connectivity index (χ0) is 8.20. The summed E-state index contributed by atoms with van der Waals surface area (Å²) in [5.74, 6) is 0.648. The van der Waals surface area contributed by atoms with Crippen LogP contribution in [0.3, 0.4) is 0 Å².